The molecule has 0 fully saturated rings. The van der Waals surface area contributed by atoms with Crippen LogP contribution in [0.4, 0.5) is 0 Å². The van der Waals surface area contributed by atoms with Crippen molar-refractivity contribution in [1.29, 1.82) is 0 Å². The molecule has 0 aliphatic rings. The summed E-state index contributed by atoms with van der Waals surface area (Å²) in [4.78, 5) is 75.7. The highest BCUT2D eigenvalue weighted by Crippen LogP contribution is 2.17. The van der Waals surface area contributed by atoms with Gasteiger partial charge in [0.15, 0.2) is 0 Å². The molecule has 0 saturated heterocycles. The van der Waals surface area contributed by atoms with E-state index >= 15 is 0 Å². The van der Waals surface area contributed by atoms with E-state index in [1.165, 1.54) is 76.2 Å². The number of rotatable bonds is 10. The molecule has 0 unspecified atom stereocenters. The van der Waals surface area contributed by atoms with Crippen molar-refractivity contribution in [2.24, 2.45) is 0 Å². The SMILES string of the molecule is CC(=O)NC(C)(C)C(=O)NC(C)(C)C(=O)NC(C)(C)C(=O)NC(C)(C)C(=O)NC(C)(C)C(=O)OC(C)(C)C. The van der Waals surface area contributed by atoms with Crippen molar-refractivity contribution in [2.75, 3.05) is 0 Å². The second-order valence-electron chi connectivity index (χ2n) is 13.1. The highest BCUT2D eigenvalue weighted by molar-refractivity contribution is 6.00. The van der Waals surface area contributed by atoms with Gasteiger partial charge in [-0.25, -0.2) is 4.79 Å². The van der Waals surface area contributed by atoms with Crippen LogP contribution in [0.5, 0.6) is 0 Å². The molecule has 38 heavy (non-hydrogen) atoms. The summed E-state index contributed by atoms with van der Waals surface area (Å²) in [6.45, 7) is 21.1. The minimum absolute atomic E-state index is 0.411. The third-order valence-corrected chi connectivity index (χ3v) is 5.37. The number of hydrogen-bond donors (Lipinski definition) is 5. The summed E-state index contributed by atoms with van der Waals surface area (Å²) >= 11 is 0. The summed E-state index contributed by atoms with van der Waals surface area (Å²) in [5.41, 5.74) is -7.81. The van der Waals surface area contributed by atoms with Crippen LogP contribution in [0.25, 0.3) is 0 Å². The van der Waals surface area contributed by atoms with Gasteiger partial charge in [0.2, 0.25) is 29.5 Å². The van der Waals surface area contributed by atoms with Crippen LogP contribution in [0.15, 0.2) is 0 Å². The molecule has 0 aliphatic heterocycles. The van der Waals surface area contributed by atoms with Gasteiger partial charge in [0.25, 0.3) is 0 Å². The fraction of sp³-hybridized carbons (Fsp3) is 0.769. The summed E-state index contributed by atoms with van der Waals surface area (Å²) in [6.07, 6.45) is 0. The Morgan fingerprint density at radius 3 is 0.895 bits per heavy atom. The van der Waals surface area contributed by atoms with E-state index in [9.17, 15) is 28.8 Å². The third-order valence-electron chi connectivity index (χ3n) is 5.37. The average Bonchev–Trinajstić information content (AvgIpc) is 2.64. The standard InChI is InChI=1S/C26H47N5O7/c1-15(32)27-22(5,6)16(33)28-23(7,8)17(34)29-24(9,10)18(35)30-25(11,12)19(36)31-26(13,14)20(37)38-21(2,3)4/h1-14H3,(H,27,32)(H,28,33)(H,29,34)(H,30,35)(H,31,36). The Morgan fingerprint density at radius 2 is 0.658 bits per heavy atom. The minimum Gasteiger partial charge on any atom is -0.458 e. The molecule has 0 aromatic heterocycles. The highest BCUT2D eigenvalue weighted by Gasteiger charge is 2.43. The number of nitrogens with one attached hydrogen (secondary N) is 5. The lowest BCUT2D eigenvalue weighted by molar-refractivity contribution is -0.163. The van der Waals surface area contributed by atoms with Crippen molar-refractivity contribution in [3.63, 3.8) is 0 Å². The second-order valence-corrected chi connectivity index (χ2v) is 13.1. The van der Waals surface area contributed by atoms with Crippen molar-refractivity contribution in [3.8, 4) is 0 Å². The normalized spacial score (nSPS) is 13.1. The van der Waals surface area contributed by atoms with E-state index in [1.54, 1.807) is 20.8 Å². The summed E-state index contributed by atoms with van der Waals surface area (Å²) in [6, 6.07) is 0. The molecule has 0 atom stereocenters. The highest BCUT2D eigenvalue weighted by atomic mass is 16.6. The zero-order valence-electron chi connectivity index (χ0n) is 25.4. The van der Waals surface area contributed by atoms with Crippen LogP contribution < -0.4 is 26.6 Å². The van der Waals surface area contributed by atoms with Gasteiger partial charge in [0.1, 0.15) is 33.3 Å². The summed E-state index contributed by atoms with van der Waals surface area (Å²) in [5.74, 6) is -3.64. The Bertz CT molecular complexity index is 973. The molecule has 0 bridgehead atoms. The topological polar surface area (TPSA) is 172 Å². The minimum atomic E-state index is -1.50. The molecule has 0 radical (unpaired) electrons. The molecule has 218 valence electrons. The molecular formula is C26H47N5O7. The molecular weight excluding hydrogens is 494 g/mol. The predicted molar refractivity (Wildman–Crippen MR) is 143 cm³/mol. The average molecular weight is 542 g/mol. The maximum absolute atomic E-state index is 13.1. The van der Waals surface area contributed by atoms with Gasteiger partial charge in [0, 0.05) is 6.92 Å². The molecule has 5 N–H and O–H groups in total. The van der Waals surface area contributed by atoms with Crippen LogP contribution in [0.2, 0.25) is 0 Å². The Labute approximate surface area is 226 Å². The van der Waals surface area contributed by atoms with Crippen LogP contribution in [0.1, 0.15) is 96.9 Å². The maximum atomic E-state index is 13.1. The van der Waals surface area contributed by atoms with Crippen LogP contribution in [0, 0.1) is 0 Å². The number of esters is 1. The number of ether oxygens (including phenoxy) is 1. The number of hydrogen-bond acceptors (Lipinski definition) is 7. The van der Waals surface area contributed by atoms with Crippen LogP contribution in [0.3, 0.4) is 0 Å². The molecule has 0 spiro atoms. The van der Waals surface area contributed by atoms with Crippen molar-refractivity contribution in [3.05, 3.63) is 0 Å². The molecule has 0 aromatic rings. The molecule has 5 amide bonds. The lowest BCUT2D eigenvalue weighted by Crippen LogP contribution is -2.68. The largest absolute Gasteiger partial charge is 0.458 e. The van der Waals surface area contributed by atoms with E-state index in [4.69, 9.17) is 4.74 Å². The fourth-order valence-electron chi connectivity index (χ4n) is 2.88. The lowest BCUT2D eigenvalue weighted by Gasteiger charge is -2.37. The first-order valence-electron chi connectivity index (χ1n) is 12.4. The third kappa shape index (κ3) is 10.3. The van der Waals surface area contributed by atoms with Crippen molar-refractivity contribution in [2.45, 2.75) is 130 Å². The molecule has 12 nitrogen and oxygen atoms in total. The van der Waals surface area contributed by atoms with Gasteiger partial charge in [0.05, 0.1) is 0 Å². The number of carbonyl (C=O) groups excluding carboxylic acids is 6. The van der Waals surface area contributed by atoms with Gasteiger partial charge in [-0.05, 0) is 90.0 Å². The summed E-state index contributed by atoms with van der Waals surface area (Å²) in [5, 5.41) is 12.9. The number of amides is 5. The van der Waals surface area contributed by atoms with Gasteiger partial charge in [-0.3, -0.25) is 24.0 Å². The van der Waals surface area contributed by atoms with Crippen molar-refractivity contribution in [1.82, 2.24) is 26.6 Å². The van der Waals surface area contributed by atoms with E-state index in [2.05, 4.69) is 26.6 Å². The quantitative estimate of drug-likeness (QED) is 0.255. The van der Waals surface area contributed by atoms with Gasteiger partial charge in [-0.1, -0.05) is 0 Å². The molecule has 0 heterocycles. The molecule has 0 aromatic carbocycles. The Hall–Kier alpha value is -3.18. The van der Waals surface area contributed by atoms with E-state index in [0.717, 1.165) is 0 Å². The molecule has 0 aliphatic carbocycles. The summed E-state index contributed by atoms with van der Waals surface area (Å²) in [7, 11) is 0. The predicted octanol–water partition coefficient (Wildman–Crippen LogP) is 0.822. The fourth-order valence-corrected chi connectivity index (χ4v) is 2.88. The van der Waals surface area contributed by atoms with Crippen LogP contribution >= 0.6 is 0 Å². The monoisotopic (exact) mass is 541 g/mol. The first-order chi connectivity index (χ1) is 16.6. The Balaban J connectivity index is 5.46. The van der Waals surface area contributed by atoms with E-state index in [0.29, 0.717) is 0 Å². The molecule has 0 rings (SSSR count). The first kappa shape index (κ1) is 34.8. The first-order valence-corrected chi connectivity index (χ1v) is 12.4. The van der Waals surface area contributed by atoms with Crippen molar-refractivity contribution < 1.29 is 33.5 Å². The Kier molecular flexibility index (Phi) is 10.3. The molecule has 0 saturated carbocycles. The Morgan fingerprint density at radius 1 is 0.421 bits per heavy atom. The second kappa shape index (κ2) is 11.3. The zero-order chi connectivity index (χ0) is 30.7. The van der Waals surface area contributed by atoms with E-state index in [-0.39, 0.29) is 0 Å². The van der Waals surface area contributed by atoms with Gasteiger partial charge >= 0.3 is 5.97 Å². The number of carbonyl (C=O) groups is 6. The van der Waals surface area contributed by atoms with E-state index < -0.39 is 68.8 Å². The van der Waals surface area contributed by atoms with Gasteiger partial charge < -0.3 is 31.3 Å². The van der Waals surface area contributed by atoms with Crippen LogP contribution in [-0.2, 0) is 33.5 Å². The summed E-state index contributed by atoms with van der Waals surface area (Å²) < 4.78 is 5.36. The zero-order valence-corrected chi connectivity index (χ0v) is 25.4. The van der Waals surface area contributed by atoms with E-state index in [1.807, 2.05) is 0 Å². The lowest BCUT2D eigenvalue weighted by atomic mass is 9.94. The smallest absolute Gasteiger partial charge is 0.331 e. The van der Waals surface area contributed by atoms with Gasteiger partial charge in [-0.2, -0.15) is 0 Å². The molecule has 12 heteroatoms. The van der Waals surface area contributed by atoms with Crippen molar-refractivity contribution >= 4 is 35.5 Å². The van der Waals surface area contributed by atoms with Gasteiger partial charge in [-0.15, -0.1) is 0 Å². The maximum Gasteiger partial charge on any atom is 0.331 e. The van der Waals surface area contributed by atoms with Crippen LogP contribution in [-0.4, -0.2) is 68.8 Å².